The number of nitrogens with zero attached hydrogens (tertiary/aromatic N) is 3. The Bertz CT molecular complexity index is 755. The minimum atomic E-state index is -0.931. The predicted molar refractivity (Wildman–Crippen MR) is 91.7 cm³/mol. The van der Waals surface area contributed by atoms with E-state index >= 15 is 0 Å². The van der Waals surface area contributed by atoms with Gasteiger partial charge in [0.05, 0.1) is 29.6 Å². The molecular formula is C17H20ClN3O3. The van der Waals surface area contributed by atoms with E-state index in [9.17, 15) is 9.59 Å². The number of rotatable bonds is 6. The third-order valence-corrected chi connectivity index (χ3v) is 3.98. The molecule has 0 spiro atoms. The number of carbonyl (C=O) groups excluding carboxylic acids is 1. The highest BCUT2D eigenvalue weighted by atomic mass is 35.5. The summed E-state index contributed by atoms with van der Waals surface area (Å²) in [5.74, 6) is -1.16. The van der Waals surface area contributed by atoms with Gasteiger partial charge in [-0.05, 0) is 39.0 Å². The van der Waals surface area contributed by atoms with Crippen LogP contribution in [-0.4, -0.2) is 44.3 Å². The van der Waals surface area contributed by atoms with E-state index in [1.54, 1.807) is 28.6 Å². The fraction of sp³-hybridized carbons (Fsp3) is 0.353. The second-order valence-corrected chi connectivity index (χ2v) is 6.21. The highest BCUT2D eigenvalue weighted by Gasteiger charge is 2.23. The van der Waals surface area contributed by atoms with Gasteiger partial charge in [0.1, 0.15) is 0 Å². The van der Waals surface area contributed by atoms with Crippen molar-refractivity contribution in [1.29, 1.82) is 0 Å². The fourth-order valence-electron chi connectivity index (χ4n) is 2.45. The number of aromatic nitrogens is 2. The Morgan fingerprint density at radius 3 is 2.67 bits per heavy atom. The molecule has 7 heteroatoms. The molecule has 0 atom stereocenters. The molecule has 0 aliphatic carbocycles. The smallest absolute Gasteiger partial charge is 0.305 e. The first-order valence-electron chi connectivity index (χ1n) is 7.64. The Morgan fingerprint density at radius 1 is 1.38 bits per heavy atom. The molecule has 1 heterocycles. The molecule has 0 bridgehead atoms. The molecular weight excluding hydrogens is 330 g/mol. The summed E-state index contributed by atoms with van der Waals surface area (Å²) in [4.78, 5) is 25.1. The summed E-state index contributed by atoms with van der Waals surface area (Å²) in [5, 5.41) is 13.7. The lowest BCUT2D eigenvalue weighted by Gasteiger charge is -2.26. The van der Waals surface area contributed by atoms with Gasteiger partial charge in [-0.15, -0.1) is 0 Å². The average molecular weight is 350 g/mol. The number of aliphatic carboxylic acids is 1. The van der Waals surface area contributed by atoms with Crippen LogP contribution in [0.3, 0.4) is 0 Å². The van der Waals surface area contributed by atoms with E-state index in [0.29, 0.717) is 16.3 Å². The van der Waals surface area contributed by atoms with Gasteiger partial charge in [-0.1, -0.05) is 17.7 Å². The standard InChI is InChI=1S/C17H20ClN3O3/c1-11(2)20(8-7-16(22)23)17(24)15-10-19-21(12(15)3)14-6-4-5-13(18)9-14/h4-6,9-11H,7-8H2,1-3H3,(H,22,23). The van der Waals surface area contributed by atoms with Crippen molar-refractivity contribution in [3.05, 3.63) is 46.7 Å². The van der Waals surface area contributed by atoms with Crippen LogP contribution in [0.2, 0.25) is 5.02 Å². The van der Waals surface area contributed by atoms with Crippen molar-refractivity contribution in [1.82, 2.24) is 14.7 Å². The fourth-order valence-corrected chi connectivity index (χ4v) is 2.64. The van der Waals surface area contributed by atoms with Crippen LogP contribution in [0.25, 0.3) is 5.69 Å². The topological polar surface area (TPSA) is 75.4 Å². The van der Waals surface area contributed by atoms with E-state index in [1.165, 1.54) is 6.20 Å². The molecule has 1 aromatic heterocycles. The lowest BCUT2D eigenvalue weighted by molar-refractivity contribution is -0.137. The average Bonchev–Trinajstić information content (AvgIpc) is 2.88. The monoisotopic (exact) mass is 349 g/mol. The lowest BCUT2D eigenvalue weighted by Crippen LogP contribution is -2.38. The molecule has 1 N–H and O–H groups in total. The number of carbonyl (C=O) groups is 2. The van der Waals surface area contributed by atoms with Gasteiger partial charge in [0, 0.05) is 17.6 Å². The summed E-state index contributed by atoms with van der Waals surface area (Å²) in [5.41, 5.74) is 1.90. The Kier molecular flexibility index (Phi) is 5.62. The van der Waals surface area contributed by atoms with Gasteiger partial charge in [-0.3, -0.25) is 9.59 Å². The van der Waals surface area contributed by atoms with Crippen LogP contribution in [0.5, 0.6) is 0 Å². The van der Waals surface area contributed by atoms with Gasteiger partial charge >= 0.3 is 5.97 Å². The lowest BCUT2D eigenvalue weighted by atomic mass is 10.2. The van der Waals surface area contributed by atoms with Crippen LogP contribution >= 0.6 is 11.6 Å². The maximum atomic E-state index is 12.8. The summed E-state index contributed by atoms with van der Waals surface area (Å²) in [6.07, 6.45) is 1.42. The first-order valence-corrected chi connectivity index (χ1v) is 8.02. The van der Waals surface area contributed by atoms with Crippen molar-refractivity contribution in [3.63, 3.8) is 0 Å². The molecule has 0 saturated heterocycles. The number of amides is 1. The highest BCUT2D eigenvalue weighted by molar-refractivity contribution is 6.30. The van der Waals surface area contributed by atoms with Gasteiger partial charge in [-0.2, -0.15) is 5.10 Å². The second-order valence-electron chi connectivity index (χ2n) is 5.77. The molecule has 1 aromatic carbocycles. The molecule has 0 aliphatic heterocycles. The minimum Gasteiger partial charge on any atom is -0.481 e. The predicted octanol–water partition coefficient (Wildman–Crippen LogP) is 3.16. The van der Waals surface area contributed by atoms with Gasteiger partial charge in [0.25, 0.3) is 5.91 Å². The van der Waals surface area contributed by atoms with Crippen molar-refractivity contribution in [3.8, 4) is 5.69 Å². The van der Waals surface area contributed by atoms with Crippen LogP contribution in [0.15, 0.2) is 30.5 Å². The third kappa shape index (κ3) is 3.94. The van der Waals surface area contributed by atoms with Crippen molar-refractivity contribution < 1.29 is 14.7 Å². The summed E-state index contributed by atoms with van der Waals surface area (Å²) in [6.45, 7) is 5.68. The first kappa shape index (κ1) is 18.0. The van der Waals surface area contributed by atoms with Gasteiger partial charge in [0.2, 0.25) is 0 Å². The summed E-state index contributed by atoms with van der Waals surface area (Å²) >= 11 is 6.01. The molecule has 6 nitrogen and oxygen atoms in total. The normalized spacial score (nSPS) is 10.9. The molecule has 128 valence electrons. The molecule has 2 rings (SSSR count). The first-order chi connectivity index (χ1) is 11.3. The van der Waals surface area contributed by atoms with Crippen molar-refractivity contribution in [2.24, 2.45) is 0 Å². The van der Waals surface area contributed by atoms with Crippen LogP contribution in [-0.2, 0) is 4.79 Å². The van der Waals surface area contributed by atoms with E-state index in [0.717, 1.165) is 5.69 Å². The van der Waals surface area contributed by atoms with E-state index in [2.05, 4.69) is 5.10 Å². The van der Waals surface area contributed by atoms with Gasteiger partial charge in [-0.25, -0.2) is 4.68 Å². The molecule has 2 aromatic rings. The van der Waals surface area contributed by atoms with Crippen molar-refractivity contribution in [2.45, 2.75) is 33.2 Å². The molecule has 0 unspecified atom stereocenters. The van der Waals surface area contributed by atoms with Crippen LogP contribution in [0.1, 0.15) is 36.3 Å². The van der Waals surface area contributed by atoms with Crippen molar-refractivity contribution >= 4 is 23.5 Å². The number of hydrogen-bond acceptors (Lipinski definition) is 3. The molecule has 0 aliphatic rings. The molecule has 0 radical (unpaired) electrons. The van der Waals surface area contributed by atoms with Gasteiger partial charge < -0.3 is 10.0 Å². The Balaban J connectivity index is 2.31. The van der Waals surface area contributed by atoms with E-state index < -0.39 is 5.97 Å². The second kappa shape index (κ2) is 7.49. The van der Waals surface area contributed by atoms with Crippen LogP contribution in [0, 0.1) is 6.92 Å². The summed E-state index contributed by atoms with van der Waals surface area (Å²) < 4.78 is 1.65. The van der Waals surface area contributed by atoms with E-state index in [-0.39, 0.29) is 24.9 Å². The van der Waals surface area contributed by atoms with Crippen LogP contribution < -0.4 is 0 Å². The number of halogens is 1. The van der Waals surface area contributed by atoms with Crippen LogP contribution in [0.4, 0.5) is 0 Å². The summed E-state index contributed by atoms with van der Waals surface area (Å²) in [7, 11) is 0. The third-order valence-electron chi connectivity index (χ3n) is 3.74. The zero-order chi connectivity index (χ0) is 17.9. The maximum Gasteiger partial charge on any atom is 0.305 e. The molecule has 0 saturated carbocycles. The van der Waals surface area contributed by atoms with E-state index in [1.807, 2.05) is 26.0 Å². The molecule has 1 amide bonds. The maximum absolute atomic E-state index is 12.8. The zero-order valence-corrected chi connectivity index (χ0v) is 14.6. The van der Waals surface area contributed by atoms with Gasteiger partial charge in [0.15, 0.2) is 0 Å². The Labute approximate surface area is 145 Å². The van der Waals surface area contributed by atoms with E-state index in [4.69, 9.17) is 16.7 Å². The molecule has 0 fully saturated rings. The number of benzene rings is 1. The number of carboxylic acid groups (broad SMARTS) is 1. The zero-order valence-electron chi connectivity index (χ0n) is 13.9. The quantitative estimate of drug-likeness (QED) is 0.869. The largest absolute Gasteiger partial charge is 0.481 e. The van der Waals surface area contributed by atoms with Crippen molar-refractivity contribution in [2.75, 3.05) is 6.54 Å². The minimum absolute atomic E-state index is 0.0919. The number of carboxylic acids is 1. The SMILES string of the molecule is Cc1c(C(=O)N(CCC(=O)O)C(C)C)cnn1-c1cccc(Cl)c1. The Morgan fingerprint density at radius 2 is 2.08 bits per heavy atom. The number of hydrogen-bond donors (Lipinski definition) is 1. The molecule has 24 heavy (non-hydrogen) atoms. The summed E-state index contributed by atoms with van der Waals surface area (Å²) in [6, 6.07) is 7.09. The Hall–Kier alpha value is -2.34. The highest BCUT2D eigenvalue weighted by Crippen LogP contribution is 2.19.